The number of fused-ring (bicyclic) bond motifs is 1. The van der Waals surface area contributed by atoms with E-state index in [1.54, 1.807) is 0 Å². The number of halogens is 1. The summed E-state index contributed by atoms with van der Waals surface area (Å²) in [7, 11) is 0. The summed E-state index contributed by atoms with van der Waals surface area (Å²) in [5, 5.41) is 18.6. The monoisotopic (exact) mass is 281 g/mol. The van der Waals surface area contributed by atoms with Gasteiger partial charge in [0.15, 0.2) is 5.60 Å². The van der Waals surface area contributed by atoms with Gasteiger partial charge >= 0.3 is 5.97 Å². The highest BCUT2D eigenvalue weighted by Gasteiger charge is 2.43. The number of hydrogen-bond acceptors (Lipinski definition) is 4. The summed E-state index contributed by atoms with van der Waals surface area (Å²) in [6, 6.07) is 2.06. The molecule has 2 rings (SSSR count). The molecule has 0 saturated heterocycles. The summed E-state index contributed by atoms with van der Waals surface area (Å²) in [5.74, 6) is -4.07. The van der Waals surface area contributed by atoms with Crippen LogP contribution in [0.3, 0.4) is 0 Å². The number of amides is 1. The van der Waals surface area contributed by atoms with Crippen molar-refractivity contribution in [1.82, 2.24) is 0 Å². The van der Waals surface area contributed by atoms with Gasteiger partial charge in [-0.25, -0.2) is 9.18 Å². The normalized spacial score (nSPS) is 17.1. The number of rotatable bonds is 3. The number of anilines is 1. The van der Waals surface area contributed by atoms with Gasteiger partial charge in [-0.2, -0.15) is 0 Å². The third-order valence-corrected chi connectivity index (χ3v) is 3.15. The van der Waals surface area contributed by atoms with Gasteiger partial charge in [-0.3, -0.25) is 9.59 Å². The molecule has 7 heteroatoms. The predicted octanol–water partition coefficient (Wildman–Crippen LogP) is 0.499. The van der Waals surface area contributed by atoms with E-state index in [1.165, 1.54) is 6.92 Å². The molecule has 1 aliphatic heterocycles. The van der Waals surface area contributed by atoms with E-state index in [1.807, 2.05) is 0 Å². The Morgan fingerprint density at radius 2 is 2.00 bits per heavy atom. The second kappa shape index (κ2) is 4.38. The Balaban J connectivity index is 2.51. The standard InChI is InChI=1S/C13H12FNO5/c1-6-3-7(14)4-8-9(6)15(11(17)10(8)16)5-13(2,20)12(18)19/h3-4,20H,5H2,1-2H3,(H,18,19). The van der Waals surface area contributed by atoms with Crippen molar-refractivity contribution in [1.29, 1.82) is 0 Å². The number of aryl methyl sites for hydroxylation is 1. The quantitative estimate of drug-likeness (QED) is 0.787. The first kappa shape index (κ1) is 14.1. The molecule has 1 aromatic rings. The molecule has 1 atom stereocenters. The molecule has 20 heavy (non-hydrogen) atoms. The van der Waals surface area contributed by atoms with Crippen molar-refractivity contribution in [2.45, 2.75) is 19.4 Å². The van der Waals surface area contributed by atoms with Crippen molar-refractivity contribution < 1.29 is 29.0 Å². The van der Waals surface area contributed by atoms with Gasteiger partial charge in [0.05, 0.1) is 17.8 Å². The molecule has 106 valence electrons. The third-order valence-electron chi connectivity index (χ3n) is 3.15. The highest BCUT2D eigenvalue weighted by atomic mass is 19.1. The zero-order chi connectivity index (χ0) is 15.2. The lowest BCUT2D eigenvalue weighted by molar-refractivity contribution is -0.155. The summed E-state index contributed by atoms with van der Waals surface area (Å²) in [5.41, 5.74) is -1.87. The van der Waals surface area contributed by atoms with Crippen LogP contribution >= 0.6 is 0 Å². The van der Waals surface area contributed by atoms with Crippen molar-refractivity contribution in [3.63, 3.8) is 0 Å². The van der Waals surface area contributed by atoms with E-state index in [-0.39, 0.29) is 11.3 Å². The maximum absolute atomic E-state index is 13.3. The maximum Gasteiger partial charge on any atom is 0.337 e. The summed E-state index contributed by atoms with van der Waals surface area (Å²) in [4.78, 5) is 35.4. The lowest BCUT2D eigenvalue weighted by atomic mass is 10.1. The molecule has 0 saturated carbocycles. The fraction of sp³-hybridized carbons (Fsp3) is 0.308. The zero-order valence-corrected chi connectivity index (χ0v) is 10.8. The molecule has 0 fully saturated rings. The summed E-state index contributed by atoms with van der Waals surface area (Å²) in [6.45, 7) is 1.92. The van der Waals surface area contributed by atoms with Crippen LogP contribution in [0.1, 0.15) is 22.8 Å². The van der Waals surface area contributed by atoms with Gasteiger partial charge in [-0.1, -0.05) is 0 Å². The van der Waals surface area contributed by atoms with E-state index < -0.39 is 35.6 Å². The van der Waals surface area contributed by atoms with Gasteiger partial charge in [0.25, 0.3) is 11.7 Å². The molecule has 1 heterocycles. The molecule has 0 aliphatic carbocycles. The third kappa shape index (κ3) is 2.05. The molecule has 2 N–H and O–H groups in total. The summed E-state index contributed by atoms with van der Waals surface area (Å²) in [6.07, 6.45) is 0. The number of aliphatic hydroxyl groups is 1. The van der Waals surface area contributed by atoms with Crippen molar-refractivity contribution in [3.8, 4) is 0 Å². The largest absolute Gasteiger partial charge is 0.479 e. The van der Waals surface area contributed by atoms with E-state index in [2.05, 4.69) is 0 Å². The molecule has 1 amide bonds. The van der Waals surface area contributed by atoms with Crippen LogP contribution in [0.25, 0.3) is 0 Å². The van der Waals surface area contributed by atoms with E-state index in [4.69, 9.17) is 5.11 Å². The number of benzene rings is 1. The van der Waals surface area contributed by atoms with Crippen molar-refractivity contribution in [2.75, 3.05) is 11.4 Å². The van der Waals surface area contributed by atoms with Crippen LogP contribution < -0.4 is 4.90 Å². The van der Waals surface area contributed by atoms with Gasteiger partial charge in [-0.05, 0) is 31.5 Å². The number of Topliss-reactive ketones (excluding diaryl/α,β-unsaturated/α-hetero) is 1. The van der Waals surface area contributed by atoms with Gasteiger partial charge in [0, 0.05) is 0 Å². The molecule has 1 unspecified atom stereocenters. The Hall–Kier alpha value is -2.28. The number of β-amino-alcohol motifs (C(OH)–C–C–N with tert-alkyl or cyclic N) is 1. The van der Waals surface area contributed by atoms with E-state index >= 15 is 0 Å². The number of hydrogen-bond donors (Lipinski definition) is 2. The maximum atomic E-state index is 13.3. The number of ketones is 1. The topological polar surface area (TPSA) is 94.9 Å². The Labute approximate surface area is 113 Å². The first-order valence-corrected chi connectivity index (χ1v) is 5.77. The van der Waals surface area contributed by atoms with Crippen LogP contribution in [0, 0.1) is 12.7 Å². The van der Waals surface area contributed by atoms with E-state index in [0.717, 1.165) is 24.0 Å². The first-order valence-electron chi connectivity index (χ1n) is 5.77. The Kier molecular flexibility index (Phi) is 3.09. The highest BCUT2D eigenvalue weighted by Crippen LogP contribution is 2.34. The highest BCUT2D eigenvalue weighted by molar-refractivity contribution is 6.52. The molecule has 0 aromatic heterocycles. The molecular formula is C13H12FNO5. The molecule has 0 spiro atoms. The number of carbonyl (C=O) groups is 3. The van der Waals surface area contributed by atoms with Gasteiger partial charge < -0.3 is 15.1 Å². The van der Waals surface area contributed by atoms with Crippen molar-refractivity contribution in [2.24, 2.45) is 0 Å². The molecule has 1 aromatic carbocycles. The lowest BCUT2D eigenvalue weighted by Gasteiger charge is -2.26. The SMILES string of the molecule is Cc1cc(F)cc2c1N(CC(C)(O)C(=O)O)C(=O)C2=O. The fourth-order valence-electron chi connectivity index (χ4n) is 2.13. The number of carboxylic acid groups (broad SMARTS) is 1. The molecular weight excluding hydrogens is 269 g/mol. The number of nitrogens with zero attached hydrogens (tertiary/aromatic N) is 1. The minimum Gasteiger partial charge on any atom is -0.479 e. The van der Waals surface area contributed by atoms with Gasteiger partial charge in [0.1, 0.15) is 5.82 Å². The van der Waals surface area contributed by atoms with Crippen LogP contribution in [-0.2, 0) is 9.59 Å². The van der Waals surface area contributed by atoms with Crippen LogP contribution in [0.15, 0.2) is 12.1 Å². The molecule has 0 bridgehead atoms. The minimum atomic E-state index is -2.21. The average Bonchev–Trinajstić information content (AvgIpc) is 2.54. The number of aliphatic carboxylic acids is 1. The van der Waals surface area contributed by atoms with Crippen LogP contribution in [0.2, 0.25) is 0 Å². The van der Waals surface area contributed by atoms with Crippen molar-refractivity contribution in [3.05, 3.63) is 29.1 Å². The summed E-state index contributed by atoms with van der Waals surface area (Å²) < 4.78 is 13.3. The fourth-order valence-corrected chi connectivity index (χ4v) is 2.13. The Morgan fingerprint density at radius 3 is 2.55 bits per heavy atom. The van der Waals surface area contributed by atoms with Crippen molar-refractivity contribution >= 4 is 23.3 Å². The second-order valence-electron chi connectivity index (χ2n) is 4.92. The minimum absolute atomic E-state index is 0.117. The Morgan fingerprint density at radius 1 is 1.40 bits per heavy atom. The lowest BCUT2D eigenvalue weighted by Crippen LogP contribution is -2.48. The van der Waals surface area contributed by atoms with Gasteiger partial charge in [-0.15, -0.1) is 0 Å². The Bertz CT molecular complexity index is 638. The predicted molar refractivity (Wildman–Crippen MR) is 66.1 cm³/mol. The smallest absolute Gasteiger partial charge is 0.337 e. The molecule has 6 nitrogen and oxygen atoms in total. The molecule has 0 radical (unpaired) electrons. The average molecular weight is 281 g/mol. The summed E-state index contributed by atoms with van der Waals surface area (Å²) >= 11 is 0. The zero-order valence-electron chi connectivity index (χ0n) is 10.8. The van der Waals surface area contributed by atoms with E-state index in [0.29, 0.717) is 5.56 Å². The van der Waals surface area contributed by atoms with Gasteiger partial charge in [0.2, 0.25) is 0 Å². The number of carboxylic acids is 1. The van der Waals surface area contributed by atoms with Crippen LogP contribution in [0.5, 0.6) is 0 Å². The van der Waals surface area contributed by atoms with Crippen LogP contribution in [0.4, 0.5) is 10.1 Å². The first-order chi connectivity index (χ1) is 9.15. The van der Waals surface area contributed by atoms with Crippen LogP contribution in [-0.4, -0.2) is 40.0 Å². The molecule has 1 aliphatic rings. The second-order valence-corrected chi connectivity index (χ2v) is 4.92. The number of carbonyl (C=O) groups excluding carboxylic acids is 2. The van der Waals surface area contributed by atoms with E-state index in [9.17, 15) is 23.9 Å².